The van der Waals surface area contributed by atoms with Gasteiger partial charge in [0.15, 0.2) is 0 Å². The first-order chi connectivity index (χ1) is 10.0. The van der Waals surface area contributed by atoms with Crippen LogP contribution in [0.1, 0.15) is 31.4 Å². The molecule has 22 heavy (non-hydrogen) atoms. The van der Waals surface area contributed by atoms with Crippen molar-refractivity contribution in [3.63, 3.8) is 0 Å². The van der Waals surface area contributed by atoms with Crippen molar-refractivity contribution in [1.29, 1.82) is 0 Å². The van der Waals surface area contributed by atoms with Crippen LogP contribution in [0.2, 0.25) is 0 Å². The monoisotopic (exact) mass is 339 g/mol. The molecule has 0 aliphatic rings. The van der Waals surface area contributed by atoms with E-state index in [4.69, 9.17) is 0 Å². The Morgan fingerprint density at radius 1 is 1.23 bits per heavy atom. The van der Waals surface area contributed by atoms with Gasteiger partial charge in [-0.15, -0.1) is 0 Å². The standard InChI is InChI=1S/C14H20F3NO3S/c1-10(2)7-12(19)8-18-22(20,21)9-11-5-3-4-6-13(11)14(15,16)17/h3-6,10,12,18-19H,7-9H2,1-2H3. The maximum atomic E-state index is 12.8. The quantitative estimate of drug-likeness (QED) is 0.802. The molecule has 1 unspecified atom stereocenters. The molecule has 0 fully saturated rings. The Balaban J connectivity index is 2.78. The summed E-state index contributed by atoms with van der Waals surface area (Å²) in [7, 11) is -3.96. The minimum Gasteiger partial charge on any atom is -0.392 e. The van der Waals surface area contributed by atoms with E-state index in [2.05, 4.69) is 4.72 Å². The molecule has 0 saturated carbocycles. The first kappa shape index (κ1) is 18.9. The molecule has 1 atom stereocenters. The highest BCUT2D eigenvalue weighted by Crippen LogP contribution is 2.32. The molecule has 2 N–H and O–H groups in total. The van der Waals surface area contributed by atoms with Crippen LogP contribution in [0, 0.1) is 5.92 Å². The van der Waals surface area contributed by atoms with E-state index in [1.54, 1.807) is 0 Å². The van der Waals surface area contributed by atoms with E-state index >= 15 is 0 Å². The zero-order chi connectivity index (χ0) is 17.0. The lowest BCUT2D eigenvalue weighted by Crippen LogP contribution is -2.34. The van der Waals surface area contributed by atoms with Gasteiger partial charge in [0.25, 0.3) is 0 Å². The smallest absolute Gasteiger partial charge is 0.392 e. The van der Waals surface area contributed by atoms with E-state index in [1.165, 1.54) is 12.1 Å². The van der Waals surface area contributed by atoms with Crippen molar-refractivity contribution in [3.05, 3.63) is 35.4 Å². The Morgan fingerprint density at radius 3 is 2.36 bits per heavy atom. The molecule has 0 saturated heterocycles. The highest BCUT2D eigenvalue weighted by Gasteiger charge is 2.34. The zero-order valence-corrected chi connectivity index (χ0v) is 13.2. The number of hydrogen-bond donors (Lipinski definition) is 2. The van der Waals surface area contributed by atoms with Gasteiger partial charge in [-0.2, -0.15) is 13.2 Å². The molecule has 0 spiro atoms. The van der Waals surface area contributed by atoms with Crippen LogP contribution in [0.5, 0.6) is 0 Å². The van der Waals surface area contributed by atoms with Gasteiger partial charge in [0, 0.05) is 6.54 Å². The molecule has 1 aromatic carbocycles. The highest BCUT2D eigenvalue weighted by molar-refractivity contribution is 7.88. The topological polar surface area (TPSA) is 66.4 Å². The summed E-state index contributed by atoms with van der Waals surface area (Å²) in [5.74, 6) is -0.595. The summed E-state index contributed by atoms with van der Waals surface area (Å²) < 4.78 is 64.4. The fourth-order valence-electron chi connectivity index (χ4n) is 2.03. The van der Waals surface area contributed by atoms with E-state index in [9.17, 15) is 26.7 Å². The van der Waals surface area contributed by atoms with Crippen molar-refractivity contribution in [1.82, 2.24) is 4.72 Å². The van der Waals surface area contributed by atoms with Gasteiger partial charge in [-0.05, 0) is 24.0 Å². The Kier molecular flexibility index (Phi) is 6.39. The SMILES string of the molecule is CC(C)CC(O)CNS(=O)(=O)Cc1ccccc1C(F)(F)F. The van der Waals surface area contributed by atoms with Crippen LogP contribution in [0.3, 0.4) is 0 Å². The highest BCUT2D eigenvalue weighted by atomic mass is 32.2. The van der Waals surface area contributed by atoms with Crippen molar-refractivity contribution in [2.45, 2.75) is 38.3 Å². The average molecular weight is 339 g/mol. The first-order valence-electron chi connectivity index (χ1n) is 6.82. The third-order valence-electron chi connectivity index (χ3n) is 2.95. The lowest BCUT2D eigenvalue weighted by molar-refractivity contribution is -0.138. The molecule has 1 aromatic rings. The van der Waals surface area contributed by atoms with E-state index in [0.29, 0.717) is 6.42 Å². The second kappa shape index (κ2) is 7.43. The molecule has 8 heteroatoms. The number of rotatable bonds is 7. The van der Waals surface area contributed by atoms with Crippen molar-refractivity contribution < 1.29 is 26.7 Å². The van der Waals surface area contributed by atoms with Crippen LogP contribution >= 0.6 is 0 Å². The Bertz CT molecular complexity index is 585. The van der Waals surface area contributed by atoms with Gasteiger partial charge in [0.05, 0.1) is 17.4 Å². The van der Waals surface area contributed by atoms with E-state index in [1.807, 2.05) is 13.8 Å². The van der Waals surface area contributed by atoms with Gasteiger partial charge in [-0.3, -0.25) is 0 Å². The van der Waals surface area contributed by atoms with Gasteiger partial charge in [0.2, 0.25) is 10.0 Å². The molecular formula is C14H20F3NO3S. The van der Waals surface area contributed by atoms with E-state index in [-0.39, 0.29) is 18.0 Å². The van der Waals surface area contributed by atoms with Gasteiger partial charge >= 0.3 is 6.18 Å². The molecule has 0 radical (unpaired) electrons. The second-order valence-corrected chi connectivity index (χ2v) is 7.35. The molecule has 0 aliphatic carbocycles. The van der Waals surface area contributed by atoms with Crippen LogP contribution < -0.4 is 4.72 Å². The summed E-state index contributed by atoms with van der Waals surface area (Å²) in [5, 5.41) is 9.63. The summed E-state index contributed by atoms with van der Waals surface area (Å²) >= 11 is 0. The van der Waals surface area contributed by atoms with Crippen molar-refractivity contribution in [2.75, 3.05) is 6.54 Å². The third-order valence-corrected chi connectivity index (χ3v) is 4.25. The third kappa shape index (κ3) is 6.33. The van der Waals surface area contributed by atoms with Crippen LogP contribution in [0.25, 0.3) is 0 Å². The van der Waals surface area contributed by atoms with Gasteiger partial charge in [-0.1, -0.05) is 32.0 Å². The van der Waals surface area contributed by atoms with Gasteiger partial charge in [-0.25, -0.2) is 13.1 Å². The number of hydrogen-bond acceptors (Lipinski definition) is 3. The van der Waals surface area contributed by atoms with Crippen LogP contribution in [-0.2, 0) is 22.0 Å². The maximum absolute atomic E-state index is 12.8. The molecule has 0 amide bonds. The molecule has 0 aliphatic heterocycles. The first-order valence-corrected chi connectivity index (χ1v) is 8.47. The molecule has 4 nitrogen and oxygen atoms in total. The second-order valence-electron chi connectivity index (χ2n) is 5.55. The number of aliphatic hydroxyl groups is 1. The average Bonchev–Trinajstić information content (AvgIpc) is 2.34. The van der Waals surface area contributed by atoms with Crippen LogP contribution in [-0.4, -0.2) is 26.2 Å². The summed E-state index contributed by atoms with van der Waals surface area (Å²) in [5.41, 5.74) is -1.29. The fourth-order valence-corrected chi connectivity index (χ4v) is 3.24. The van der Waals surface area contributed by atoms with E-state index < -0.39 is 33.6 Å². The van der Waals surface area contributed by atoms with E-state index in [0.717, 1.165) is 12.1 Å². The predicted molar refractivity (Wildman–Crippen MR) is 77.5 cm³/mol. The lowest BCUT2D eigenvalue weighted by atomic mass is 10.1. The molecule has 0 aromatic heterocycles. The Labute approximate surface area is 128 Å². The largest absolute Gasteiger partial charge is 0.416 e. The minimum atomic E-state index is -4.61. The number of nitrogens with one attached hydrogen (secondary N) is 1. The Hall–Kier alpha value is -1.12. The van der Waals surface area contributed by atoms with Crippen LogP contribution in [0.15, 0.2) is 24.3 Å². The summed E-state index contributed by atoms with van der Waals surface area (Å²) in [6, 6.07) is 4.54. The van der Waals surface area contributed by atoms with Gasteiger partial charge < -0.3 is 5.11 Å². The molecule has 1 rings (SSSR count). The molecule has 0 heterocycles. The molecule has 0 bridgehead atoms. The Morgan fingerprint density at radius 2 is 1.82 bits per heavy atom. The van der Waals surface area contributed by atoms with Crippen molar-refractivity contribution in [2.24, 2.45) is 5.92 Å². The molecular weight excluding hydrogens is 319 g/mol. The molecule has 126 valence electrons. The fraction of sp³-hybridized carbons (Fsp3) is 0.571. The number of benzene rings is 1. The van der Waals surface area contributed by atoms with Crippen molar-refractivity contribution in [3.8, 4) is 0 Å². The number of sulfonamides is 1. The summed E-state index contributed by atoms with van der Waals surface area (Å²) in [6.45, 7) is 3.53. The minimum absolute atomic E-state index is 0.186. The lowest BCUT2D eigenvalue weighted by Gasteiger charge is -2.16. The summed E-state index contributed by atoms with van der Waals surface area (Å²) in [6.07, 6.45) is -5.07. The zero-order valence-electron chi connectivity index (χ0n) is 12.4. The normalized spacial score (nSPS) is 14.3. The van der Waals surface area contributed by atoms with Gasteiger partial charge in [0.1, 0.15) is 0 Å². The predicted octanol–water partition coefficient (Wildman–Crippen LogP) is 2.53. The number of aliphatic hydroxyl groups excluding tert-OH is 1. The van der Waals surface area contributed by atoms with Crippen LogP contribution in [0.4, 0.5) is 13.2 Å². The van der Waals surface area contributed by atoms with Crippen molar-refractivity contribution >= 4 is 10.0 Å². The summed E-state index contributed by atoms with van der Waals surface area (Å²) in [4.78, 5) is 0. The number of alkyl halides is 3. The number of halogens is 3. The maximum Gasteiger partial charge on any atom is 0.416 e.